The second kappa shape index (κ2) is 13.5. The van der Waals surface area contributed by atoms with E-state index in [1.165, 1.54) is 18.4 Å². The highest BCUT2D eigenvalue weighted by Crippen LogP contribution is 2.43. The summed E-state index contributed by atoms with van der Waals surface area (Å²) in [5, 5.41) is 3.58. The van der Waals surface area contributed by atoms with Gasteiger partial charge in [0.25, 0.3) is 5.91 Å². The van der Waals surface area contributed by atoms with E-state index in [4.69, 9.17) is 25.7 Å². The lowest BCUT2D eigenvalue weighted by molar-refractivity contribution is 0.102. The van der Waals surface area contributed by atoms with Crippen molar-refractivity contribution in [1.29, 1.82) is 0 Å². The number of methoxy groups -OCH3 is 1. The van der Waals surface area contributed by atoms with Crippen molar-refractivity contribution in [3.8, 4) is 16.9 Å². The molecule has 11 heteroatoms. The fraction of sp³-hybridized carbons (Fsp3) is 0.515. The topological polar surface area (TPSA) is 89.5 Å². The van der Waals surface area contributed by atoms with Crippen molar-refractivity contribution >= 4 is 42.7 Å². The van der Waals surface area contributed by atoms with Crippen LogP contribution in [0.1, 0.15) is 60.9 Å². The monoisotopic (exact) mass is 655 g/mol. The Morgan fingerprint density at radius 1 is 1.14 bits per heavy atom. The van der Waals surface area contributed by atoms with Crippen molar-refractivity contribution in [3.63, 3.8) is 0 Å². The van der Waals surface area contributed by atoms with Crippen LogP contribution in [0.25, 0.3) is 11.1 Å². The van der Waals surface area contributed by atoms with Gasteiger partial charge in [0, 0.05) is 54.2 Å². The number of ether oxygens (including phenoxy) is 1. The minimum atomic E-state index is -1.70. The summed E-state index contributed by atoms with van der Waals surface area (Å²) in [6.07, 6.45) is 6.51. The fourth-order valence-corrected chi connectivity index (χ4v) is 9.39. The molecule has 5 heterocycles. The number of halogens is 1. The number of thiol groups is 1. The smallest absolute Gasteiger partial charge is 0.259 e. The molecule has 3 aromatic heterocycles. The Balaban J connectivity index is 1.21. The number of carbonyl (C=O) groups is 1. The molecule has 1 atom stereocenters. The van der Waals surface area contributed by atoms with Gasteiger partial charge in [0.15, 0.2) is 8.32 Å². The number of hydrogen-bond acceptors (Lipinski definition) is 7. The van der Waals surface area contributed by atoms with Gasteiger partial charge in [0.05, 0.1) is 18.9 Å². The molecule has 1 saturated heterocycles. The van der Waals surface area contributed by atoms with Crippen LogP contribution in [0.15, 0.2) is 36.7 Å². The molecule has 2 aliphatic rings. The number of anilines is 1. The number of piperidine rings is 1. The molecule has 0 spiro atoms. The van der Waals surface area contributed by atoms with Crippen molar-refractivity contribution < 1.29 is 14.0 Å². The number of fused-ring (bicyclic) bond motifs is 1. The maximum atomic E-state index is 13.5. The van der Waals surface area contributed by atoms with Gasteiger partial charge in [-0.05, 0) is 79.8 Å². The maximum absolute atomic E-state index is 13.5. The molecule has 1 N–H and O–H groups in total. The Morgan fingerprint density at radius 3 is 2.59 bits per heavy atom. The largest absolute Gasteiger partial charge is 0.494 e. The van der Waals surface area contributed by atoms with Gasteiger partial charge in [-0.3, -0.25) is 14.1 Å². The molecule has 44 heavy (non-hydrogen) atoms. The quantitative estimate of drug-likeness (QED) is 0.148. The van der Waals surface area contributed by atoms with E-state index < -0.39 is 8.32 Å². The summed E-state index contributed by atoms with van der Waals surface area (Å²) < 4.78 is 14.8. The van der Waals surface area contributed by atoms with E-state index in [0.29, 0.717) is 39.3 Å². The van der Waals surface area contributed by atoms with E-state index in [0.717, 1.165) is 49.0 Å². The summed E-state index contributed by atoms with van der Waals surface area (Å²) in [7, 11) is -0.129. The van der Waals surface area contributed by atoms with Crippen LogP contribution in [0.5, 0.6) is 5.75 Å². The predicted molar refractivity (Wildman–Crippen MR) is 185 cm³/mol. The SMILES string of the molecule is COc1cnc(Cl)cc1-c1cc(C)ncc1C(=O)Nc1ccc2c(n1)CC[SH](N1CCC(CO[Si](C)(C)C(C)(C)C)CC1)C2. The number of carbonyl (C=O) groups excluding carboxylic acids is 1. The molecule has 1 fully saturated rings. The van der Waals surface area contributed by atoms with Gasteiger partial charge in [0.1, 0.15) is 16.7 Å². The number of nitrogens with one attached hydrogen (secondary N) is 1. The van der Waals surface area contributed by atoms with Crippen LogP contribution < -0.4 is 10.1 Å². The lowest BCUT2D eigenvalue weighted by atomic mass is 10.00. The van der Waals surface area contributed by atoms with Crippen LogP contribution in [-0.4, -0.2) is 66.0 Å². The van der Waals surface area contributed by atoms with E-state index in [1.807, 2.05) is 19.1 Å². The van der Waals surface area contributed by atoms with Gasteiger partial charge in [-0.1, -0.05) is 38.4 Å². The molecule has 0 bridgehead atoms. The van der Waals surface area contributed by atoms with Crippen LogP contribution in [0.3, 0.4) is 0 Å². The second-order valence-electron chi connectivity index (χ2n) is 13.4. The summed E-state index contributed by atoms with van der Waals surface area (Å²) in [4.78, 5) is 26.9. The zero-order valence-corrected chi connectivity index (χ0v) is 29.7. The Hall–Kier alpha value is -2.50. The number of aryl methyl sites for hydroxylation is 2. The Morgan fingerprint density at radius 2 is 1.89 bits per heavy atom. The summed E-state index contributed by atoms with van der Waals surface area (Å²) in [6.45, 7) is 16.8. The number of pyridine rings is 3. The highest BCUT2D eigenvalue weighted by atomic mass is 35.5. The zero-order chi connectivity index (χ0) is 31.6. The number of hydrogen-bond donors (Lipinski definition) is 2. The molecule has 0 aromatic carbocycles. The van der Waals surface area contributed by atoms with Crippen LogP contribution >= 0.6 is 22.7 Å². The molecule has 0 saturated carbocycles. The Bertz CT molecular complexity index is 1510. The predicted octanol–water partition coefficient (Wildman–Crippen LogP) is 7.47. The summed E-state index contributed by atoms with van der Waals surface area (Å²) in [5.74, 6) is 3.67. The highest BCUT2D eigenvalue weighted by Gasteiger charge is 2.38. The molecular weight excluding hydrogens is 610 g/mol. The van der Waals surface area contributed by atoms with Gasteiger partial charge in [-0.2, -0.15) is 11.1 Å². The Kier molecular flexibility index (Phi) is 10.1. The lowest BCUT2D eigenvalue weighted by Gasteiger charge is -2.43. The minimum absolute atomic E-state index is 0.211. The molecule has 0 aliphatic carbocycles. The van der Waals surface area contributed by atoms with Gasteiger partial charge >= 0.3 is 0 Å². The molecule has 2 aliphatic heterocycles. The molecule has 238 valence electrons. The third kappa shape index (κ3) is 7.47. The Labute approximate surface area is 270 Å². The first-order valence-electron chi connectivity index (χ1n) is 15.4. The van der Waals surface area contributed by atoms with Crippen molar-refractivity contribution in [1.82, 2.24) is 19.3 Å². The molecular formula is C33H46ClN5O3SSi. The van der Waals surface area contributed by atoms with E-state index in [2.05, 4.69) is 59.5 Å². The first kappa shape index (κ1) is 32.9. The number of nitrogens with zero attached hydrogens (tertiary/aromatic N) is 4. The van der Waals surface area contributed by atoms with Crippen LogP contribution in [-0.2, 0) is 16.6 Å². The number of aromatic nitrogens is 3. The number of rotatable bonds is 8. The average molecular weight is 656 g/mol. The number of amides is 1. The highest BCUT2D eigenvalue weighted by molar-refractivity contribution is 8.14. The summed E-state index contributed by atoms with van der Waals surface area (Å²) in [5.41, 5.74) is 4.94. The van der Waals surface area contributed by atoms with Gasteiger partial charge in [-0.25, -0.2) is 9.97 Å². The lowest BCUT2D eigenvalue weighted by Crippen LogP contribution is -2.43. The molecule has 1 amide bonds. The van der Waals surface area contributed by atoms with Gasteiger partial charge in [-0.15, -0.1) is 0 Å². The van der Waals surface area contributed by atoms with Crippen molar-refractivity contribution in [3.05, 3.63) is 64.3 Å². The zero-order valence-electron chi connectivity index (χ0n) is 27.0. The third-order valence-electron chi connectivity index (χ3n) is 9.38. The normalized spacial score (nSPS) is 19.0. The standard InChI is InChI=1S/C33H46ClN5O3SSi/c1-22-16-25(26-17-30(34)36-19-29(26)41-5)27(18-35-22)32(40)38-31-9-8-24-21-43(15-12-28(24)37-31)39-13-10-23(11-14-39)20-42-44(6,7)33(2,3)4/h8-9,16-19,23,43H,10-15,20-21H2,1-7H3,(H,37,38,40). The minimum Gasteiger partial charge on any atom is -0.494 e. The van der Waals surface area contributed by atoms with Crippen LogP contribution in [0.4, 0.5) is 5.82 Å². The van der Waals surface area contributed by atoms with Crippen molar-refractivity contribution in [2.24, 2.45) is 5.92 Å². The summed E-state index contributed by atoms with van der Waals surface area (Å²) in [6, 6.07) is 7.63. The van der Waals surface area contributed by atoms with E-state index in [9.17, 15) is 4.79 Å². The van der Waals surface area contributed by atoms with Gasteiger partial charge < -0.3 is 14.5 Å². The van der Waals surface area contributed by atoms with E-state index in [-0.39, 0.29) is 22.0 Å². The third-order valence-corrected chi connectivity index (χ3v) is 16.7. The molecule has 8 nitrogen and oxygen atoms in total. The van der Waals surface area contributed by atoms with Crippen LogP contribution in [0, 0.1) is 12.8 Å². The molecule has 3 aromatic rings. The van der Waals surface area contributed by atoms with E-state index >= 15 is 0 Å². The first-order chi connectivity index (χ1) is 20.8. The molecule has 0 radical (unpaired) electrons. The summed E-state index contributed by atoms with van der Waals surface area (Å²) >= 11 is 5.99. The molecule has 5 rings (SSSR count). The van der Waals surface area contributed by atoms with Crippen molar-refractivity contribution in [2.75, 3.05) is 37.9 Å². The average Bonchev–Trinajstić information content (AvgIpc) is 2.99. The second-order valence-corrected chi connectivity index (χ2v) is 21.0. The van der Waals surface area contributed by atoms with Crippen molar-refractivity contribution in [2.45, 2.75) is 70.8 Å². The molecule has 1 unspecified atom stereocenters. The fourth-order valence-electron chi connectivity index (χ4n) is 5.56. The van der Waals surface area contributed by atoms with Crippen LogP contribution in [0.2, 0.25) is 23.3 Å². The first-order valence-corrected chi connectivity index (χ1v) is 20.4. The van der Waals surface area contributed by atoms with Gasteiger partial charge in [0.2, 0.25) is 0 Å². The maximum Gasteiger partial charge on any atom is 0.259 e. The van der Waals surface area contributed by atoms with E-state index in [1.54, 1.807) is 25.6 Å².